The molecule has 0 aromatic heterocycles. The highest BCUT2D eigenvalue weighted by Gasteiger charge is 2.59. The van der Waals surface area contributed by atoms with E-state index in [1.807, 2.05) is 12.1 Å². The minimum absolute atomic E-state index is 0.0234. The molecule has 2 rings (SSSR count). The molecule has 2 amide bonds. The van der Waals surface area contributed by atoms with Crippen LogP contribution in [0.2, 0.25) is 0 Å². The number of carbonyl (C=O) groups is 3. The molecule has 1 aromatic carbocycles. The van der Waals surface area contributed by atoms with Gasteiger partial charge in [-0.2, -0.15) is 0 Å². The zero-order valence-electron chi connectivity index (χ0n) is 28.2. The number of carbonyl (C=O) groups excluding carboxylic acids is 3. The zero-order chi connectivity index (χ0) is 33.6. The van der Waals surface area contributed by atoms with E-state index >= 15 is 0 Å². The molecule has 11 nitrogen and oxygen atoms in total. The van der Waals surface area contributed by atoms with Gasteiger partial charge in [-0.1, -0.05) is 12.1 Å². The van der Waals surface area contributed by atoms with Gasteiger partial charge in [-0.15, -0.1) is 0 Å². The Morgan fingerprint density at radius 3 is 1.89 bits per heavy atom. The van der Waals surface area contributed by atoms with Gasteiger partial charge in [0.1, 0.15) is 22.6 Å². The second-order valence-electron chi connectivity index (χ2n) is 14.3. The lowest BCUT2D eigenvalue weighted by Gasteiger charge is -2.46. The van der Waals surface area contributed by atoms with Crippen molar-refractivity contribution in [1.82, 2.24) is 9.80 Å². The van der Waals surface area contributed by atoms with Crippen LogP contribution in [-0.2, 0) is 34.6 Å². The summed E-state index contributed by atoms with van der Waals surface area (Å²) in [5, 5.41) is 8.24. The van der Waals surface area contributed by atoms with Gasteiger partial charge in [0.05, 0.1) is 6.61 Å². The molecular formula is C32H53N2O9P. The van der Waals surface area contributed by atoms with Crippen molar-refractivity contribution < 1.29 is 42.8 Å². The summed E-state index contributed by atoms with van der Waals surface area (Å²) < 4.78 is 37.3. The second-order valence-corrected chi connectivity index (χ2v) is 17.2. The molecule has 1 aromatic rings. The summed E-state index contributed by atoms with van der Waals surface area (Å²) in [6.45, 7) is 18.5. The third-order valence-electron chi connectivity index (χ3n) is 6.76. The quantitative estimate of drug-likeness (QED) is 0.124. The summed E-state index contributed by atoms with van der Waals surface area (Å²) in [6.07, 6.45) is -0.696. The molecule has 2 unspecified atom stereocenters. The number of esters is 1. The smallest absolute Gasteiger partial charge is 0.419 e. The maximum Gasteiger partial charge on any atom is 0.419 e. The van der Waals surface area contributed by atoms with Crippen LogP contribution in [0.1, 0.15) is 94.1 Å². The lowest BCUT2D eigenvalue weighted by Crippen LogP contribution is -2.56. The molecule has 0 radical (unpaired) electrons. The first-order valence-electron chi connectivity index (χ1n) is 15.3. The van der Waals surface area contributed by atoms with Crippen LogP contribution in [0.25, 0.3) is 0 Å². The number of unbranched alkanes of at least 4 members (excludes halogenated alkanes) is 1. The number of nitrogens with zero attached hydrogens (tertiary/aromatic N) is 2. The average Bonchev–Trinajstić information content (AvgIpc) is 2.84. The van der Waals surface area contributed by atoms with E-state index in [4.69, 9.17) is 18.7 Å². The van der Waals surface area contributed by atoms with Gasteiger partial charge in [0.25, 0.3) is 0 Å². The molecule has 12 heteroatoms. The molecular weight excluding hydrogens is 587 g/mol. The van der Waals surface area contributed by atoms with Crippen LogP contribution in [0.4, 0.5) is 9.59 Å². The Balaban J connectivity index is 2.37. The van der Waals surface area contributed by atoms with Gasteiger partial charge < -0.3 is 23.8 Å². The number of amides is 2. The fraction of sp³-hybridized carbons (Fsp3) is 0.719. The number of hydrogen-bond acceptors (Lipinski definition) is 10. The van der Waals surface area contributed by atoms with Crippen LogP contribution < -0.4 is 0 Å². The van der Waals surface area contributed by atoms with Gasteiger partial charge in [0.2, 0.25) is 7.37 Å². The lowest BCUT2D eigenvalue weighted by molar-refractivity contribution is -0.160. The molecule has 250 valence electrons. The molecule has 0 spiro atoms. The van der Waals surface area contributed by atoms with E-state index < -0.39 is 47.5 Å². The zero-order valence-corrected chi connectivity index (χ0v) is 29.1. The normalized spacial score (nSPS) is 21.4. The molecule has 1 heterocycles. The Kier molecular flexibility index (Phi) is 12.5. The Bertz CT molecular complexity index is 1150. The van der Waals surface area contributed by atoms with Crippen LogP contribution in [0.15, 0.2) is 24.3 Å². The number of phenols is 1. The fourth-order valence-corrected chi connectivity index (χ4v) is 7.95. The molecule has 1 fully saturated rings. The van der Waals surface area contributed by atoms with Gasteiger partial charge in [0, 0.05) is 32.3 Å². The molecule has 44 heavy (non-hydrogen) atoms. The molecule has 1 N–H and O–H groups in total. The van der Waals surface area contributed by atoms with Crippen molar-refractivity contribution in [3.63, 3.8) is 0 Å². The van der Waals surface area contributed by atoms with Crippen LogP contribution in [0.3, 0.4) is 0 Å². The van der Waals surface area contributed by atoms with Crippen molar-refractivity contribution in [3.8, 4) is 5.75 Å². The number of aromatic hydroxyl groups is 1. The molecule has 0 aliphatic carbocycles. The highest BCUT2D eigenvalue weighted by atomic mass is 31.2. The Morgan fingerprint density at radius 1 is 0.886 bits per heavy atom. The van der Waals surface area contributed by atoms with E-state index in [2.05, 4.69) is 4.90 Å². The number of imide groups is 1. The van der Waals surface area contributed by atoms with Crippen LogP contribution in [0, 0.1) is 0 Å². The largest absolute Gasteiger partial charge is 0.508 e. The lowest BCUT2D eigenvalue weighted by atomic mass is 9.98. The van der Waals surface area contributed by atoms with Crippen LogP contribution >= 0.6 is 7.37 Å². The molecule has 1 aliphatic heterocycles. The summed E-state index contributed by atoms with van der Waals surface area (Å²) >= 11 is 0. The maximum atomic E-state index is 14.6. The summed E-state index contributed by atoms with van der Waals surface area (Å²) in [6, 6.07) is 6.82. The van der Waals surface area contributed by atoms with Crippen molar-refractivity contribution in [2.75, 3.05) is 32.4 Å². The summed E-state index contributed by atoms with van der Waals surface area (Å²) in [4.78, 5) is 43.0. The number of benzene rings is 1. The first-order chi connectivity index (χ1) is 20.1. The standard InChI is InChI=1S/C32H53N2O9P/c1-11-40-44(39)21-20-33(22-24-14-16-25(35)17-15-24)23-32(44,26(36)41-29(2,3)4)18-12-13-19-34(27(37)42-30(5,6)7)28(38)43-31(8,9)10/h14-17,35H,11-13,18-23H2,1-10H3. The third kappa shape index (κ3) is 11.1. The van der Waals surface area contributed by atoms with E-state index in [0.29, 0.717) is 25.9 Å². The van der Waals surface area contributed by atoms with Gasteiger partial charge >= 0.3 is 18.2 Å². The summed E-state index contributed by atoms with van der Waals surface area (Å²) in [5.74, 6) is -0.434. The molecule has 1 saturated heterocycles. The Labute approximate surface area is 263 Å². The molecule has 0 bridgehead atoms. The van der Waals surface area contributed by atoms with E-state index in [9.17, 15) is 24.1 Å². The SMILES string of the molecule is CCOP1(=O)CCN(Cc2ccc(O)cc2)CC1(CCCCN(C(=O)OC(C)(C)C)C(=O)OC(C)(C)C)C(=O)OC(C)(C)C. The van der Waals surface area contributed by atoms with E-state index in [0.717, 1.165) is 10.5 Å². The number of hydrogen-bond donors (Lipinski definition) is 1. The highest BCUT2D eigenvalue weighted by molar-refractivity contribution is 7.62. The predicted octanol–water partition coefficient (Wildman–Crippen LogP) is 6.95. The molecule has 1 aliphatic rings. The van der Waals surface area contributed by atoms with Crippen molar-refractivity contribution in [2.24, 2.45) is 0 Å². The van der Waals surface area contributed by atoms with E-state index in [1.54, 1.807) is 81.4 Å². The Hall–Kier alpha value is -2.62. The third-order valence-corrected chi connectivity index (χ3v) is 10.1. The number of phenolic OH excluding ortho intramolecular Hbond substituents is 1. The van der Waals surface area contributed by atoms with Crippen molar-refractivity contribution in [1.29, 1.82) is 0 Å². The van der Waals surface area contributed by atoms with Crippen molar-refractivity contribution >= 4 is 25.5 Å². The van der Waals surface area contributed by atoms with E-state index in [1.165, 1.54) is 0 Å². The highest BCUT2D eigenvalue weighted by Crippen LogP contribution is 2.64. The average molecular weight is 641 g/mol. The Morgan fingerprint density at radius 2 is 1.41 bits per heavy atom. The monoisotopic (exact) mass is 640 g/mol. The maximum absolute atomic E-state index is 14.6. The number of ether oxygens (including phenoxy) is 3. The van der Waals surface area contributed by atoms with Crippen molar-refractivity contribution in [2.45, 2.75) is 117 Å². The van der Waals surface area contributed by atoms with E-state index in [-0.39, 0.29) is 38.0 Å². The predicted molar refractivity (Wildman–Crippen MR) is 169 cm³/mol. The molecule has 0 saturated carbocycles. The summed E-state index contributed by atoms with van der Waals surface area (Å²) in [5.41, 5.74) is -1.55. The van der Waals surface area contributed by atoms with Crippen LogP contribution in [-0.4, -0.2) is 87.4 Å². The minimum atomic E-state index is -3.56. The first-order valence-corrected chi connectivity index (χ1v) is 17.1. The second kappa shape index (κ2) is 14.6. The first kappa shape index (κ1) is 37.6. The topological polar surface area (TPSA) is 132 Å². The van der Waals surface area contributed by atoms with Gasteiger partial charge in [-0.05, 0) is 106 Å². The van der Waals surface area contributed by atoms with Crippen LogP contribution in [0.5, 0.6) is 5.75 Å². The van der Waals surface area contributed by atoms with Gasteiger partial charge in [0.15, 0.2) is 5.16 Å². The number of rotatable bonds is 10. The summed E-state index contributed by atoms with van der Waals surface area (Å²) in [7, 11) is -3.56. The van der Waals surface area contributed by atoms with Gasteiger partial charge in [-0.3, -0.25) is 14.3 Å². The van der Waals surface area contributed by atoms with Gasteiger partial charge in [-0.25, -0.2) is 14.5 Å². The minimum Gasteiger partial charge on any atom is -0.508 e. The fourth-order valence-electron chi connectivity index (χ4n) is 4.94. The van der Waals surface area contributed by atoms with Crippen molar-refractivity contribution in [3.05, 3.63) is 29.8 Å². The molecule has 2 atom stereocenters.